The largest absolute Gasteiger partial charge is 0.346 e. The summed E-state index contributed by atoms with van der Waals surface area (Å²) in [5.74, 6) is 5.06. The lowest BCUT2D eigenvalue weighted by Crippen LogP contribution is -2.40. The van der Waals surface area contributed by atoms with Crippen LogP contribution < -0.4 is 11.2 Å². The lowest BCUT2D eigenvalue weighted by molar-refractivity contribution is -0.119. The van der Waals surface area contributed by atoms with Crippen molar-refractivity contribution in [2.75, 3.05) is 0 Å². The average Bonchev–Trinajstić information content (AvgIpc) is 2.04. The second-order valence-electron chi connectivity index (χ2n) is 2.93. The van der Waals surface area contributed by atoms with E-state index in [4.69, 9.17) is 5.84 Å². The number of nitrogens with one attached hydrogen (secondary N) is 1. The van der Waals surface area contributed by atoms with Crippen molar-refractivity contribution < 1.29 is 4.79 Å². The molecule has 4 nitrogen and oxygen atoms in total. The van der Waals surface area contributed by atoms with Crippen LogP contribution in [0.4, 0.5) is 0 Å². The van der Waals surface area contributed by atoms with Crippen LogP contribution in [0.3, 0.4) is 0 Å². The van der Waals surface area contributed by atoms with E-state index in [1.54, 1.807) is 0 Å². The molecule has 1 amide bonds. The minimum atomic E-state index is -0.341. The van der Waals surface area contributed by atoms with Crippen molar-refractivity contribution in [3.8, 4) is 0 Å². The minimum absolute atomic E-state index is 0.00537. The van der Waals surface area contributed by atoms with E-state index < -0.39 is 0 Å². The van der Waals surface area contributed by atoms with E-state index in [0.717, 1.165) is 5.71 Å². The van der Waals surface area contributed by atoms with E-state index in [0.29, 0.717) is 6.42 Å². The molecule has 0 aliphatic carbocycles. The maximum absolute atomic E-state index is 10.8. The molecule has 0 aromatic heterocycles. The normalized spacial score (nSPS) is 27.0. The number of carbonyl (C=O) groups excluding carboxylic acids is 1. The Morgan fingerprint density at radius 1 is 1.70 bits per heavy atom. The van der Waals surface area contributed by atoms with Gasteiger partial charge in [-0.15, -0.1) is 0 Å². The Bertz CT molecular complexity index is 195. The number of hydrogen-bond donors (Lipinski definition) is 2. The van der Waals surface area contributed by atoms with Gasteiger partial charge in [0.1, 0.15) is 0 Å². The van der Waals surface area contributed by atoms with Crippen LogP contribution in [-0.4, -0.2) is 17.2 Å². The van der Waals surface area contributed by atoms with Crippen molar-refractivity contribution in [1.29, 1.82) is 0 Å². The second kappa shape index (κ2) is 1.97. The highest BCUT2D eigenvalue weighted by Crippen LogP contribution is 2.14. The Kier molecular flexibility index (Phi) is 1.39. The molecule has 1 fully saturated rings. The van der Waals surface area contributed by atoms with Crippen LogP contribution in [0, 0.1) is 0 Å². The molecular weight excluding hydrogens is 130 g/mol. The van der Waals surface area contributed by atoms with E-state index in [1.807, 2.05) is 13.8 Å². The zero-order valence-corrected chi connectivity index (χ0v) is 6.14. The Morgan fingerprint density at radius 2 is 2.30 bits per heavy atom. The summed E-state index contributed by atoms with van der Waals surface area (Å²) in [5, 5.41) is 6.27. The highest BCUT2D eigenvalue weighted by atomic mass is 16.2. The molecule has 0 atom stereocenters. The minimum Gasteiger partial charge on any atom is -0.346 e. The van der Waals surface area contributed by atoms with E-state index in [2.05, 4.69) is 10.4 Å². The van der Waals surface area contributed by atoms with Crippen LogP contribution in [0.1, 0.15) is 20.3 Å². The van der Waals surface area contributed by atoms with Gasteiger partial charge in [0.2, 0.25) is 5.91 Å². The van der Waals surface area contributed by atoms with Crippen molar-refractivity contribution in [1.82, 2.24) is 5.32 Å². The van der Waals surface area contributed by atoms with Gasteiger partial charge in [-0.1, -0.05) is 0 Å². The lowest BCUT2D eigenvalue weighted by Gasteiger charge is -2.16. The number of hydrazone groups is 1. The number of carbonyl (C=O) groups is 1. The van der Waals surface area contributed by atoms with Gasteiger partial charge in [-0.25, -0.2) is 0 Å². The third kappa shape index (κ3) is 0.964. The van der Waals surface area contributed by atoms with Gasteiger partial charge in [-0.3, -0.25) is 4.79 Å². The molecule has 3 N–H and O–H groups in total. The highest BCUT2D eigenvalue weighted by molar-refractivity contribution is 6.12. The number of amides is 1. The van der Waals surface area contributed by atoms with Crippen molar-refractivity contribution >= 4 is 11.6 Å². The molecule has 1 heterocycles. The Labute approximate surface area is 59.5 Å². The van der Waals surface area contributed by atoms with Crippen molar-refractivity contribution in [2.45, 2.75) is 25.8 Å². The van der Waals surface area contributed by atoms with Crippen LogP contribution in [0.15, 0.2) is 5.10 Å². The fourth-order valence-corrected chi connectivity index (χ4v) is 1.04. The molecule has 0 saturated carbocycles. The van der Waals surface area contributed by atoms with Gasteiger partial charge in [0.05, 0.1) is 17.7 Å². The molecule has 1 rings (SSSR count). The maximum atomic E-state index is 10.8. The predicted octanol–water partition coefficient (Wildman–Crippen LogP) is -0.400. The fraction of sp³-hybridized carbons (Fsp3) is 0.667. The summed E-state index contributed by atoms with van der Waals surface area (Å²) >= 11 is 0. The molecule has 0 bridgehead atoms. The third-order valence-corrected chi connectivity index (χ3v) is 1.66. The van der Waals surface area contributed by atoms with E-state index in [9.17, 15) is 4.79 Å². The summed E-state index contributed by atoms with van der Waals surface area (Å²) in [4.78, 5) is 10.8. The number of rotatable bonds is 0. The zero-order valence-electron chi connectivity index (χ0n) is 6.14. The van der Waals surface area contributed by atoms with Gasteiger partial charge >= 0.3 is 0 Å². The topological polar surface area (TPSA) is 67.5 Å². The number of nitrogens with zero attached hydrogens (tertiary/aromatic N) is 1. The first kappa shape index (κ1) is 7.05. The summed E-state index contributed by atoms with van der Waals surface area (Å²) < 4.78 is 0. The first-order valence-electron chi connectivity index (χ1n) is 3.14. The molecule has 4 heteroatoms. The molecular formula is C6H11N3O. The van der Waals surface area contributed by atoms with Gasteiger partial charge in [0.15, 0.2) is 0 Å². The number of nitrogens with two attached hydrogens (primary N) is 1. The van der Waals surface area contributed by atoms with E-state index >= 15 is 0 Å². The van der Waals surface area contributed by atoms with Crippen LogP contribution in [0.25, 0.3) is 0 Å². The zero-order chi connectivity index (χ0) is 7.78. The molecule has 0 radical (unpaired) electrons. The van der Waals surface area contributed by atoms with Gasteiger partial charge in [-0.2, -0.15) is 5.10 Å². The first-order valence-corrected chi connectivity index (χ1v) is 3.14. The number of hydrogen-bond acceptors (Lipinski definition) is 3. The van der Waals surface area contributed by atoms with Crippen LogP contribution in [0.5, 0.6) is 0 Å². The summed E-state index contributed by atoms with van der Waals surface area (Å²) in [6, 6.07) is 0. The first-order chi connectivity index (χ1) is 4.56. The SMILES string of the molecule is CC1(C)NC(=O)C/C1=N\N. The summed E-state index contributed by atoms with van der Waals surface area (Å²) in [6.45, 7) is 3.76. The molecule has 1 saturated heterocycles. The monoisotopic (exact) mass is 141 g/mol. The highest BCUT2D eigenvalue weighted by Gasteiger charge is 2.34. The van der Waals surface area contributed by atoms with Crippen molar-refractivity contribution in [3.05, 3.63) is 0 Å². The molecule has 0 spiro atoms. The van der Waals surface area contributed by atoms with Crippen LogP contribution in [0.2, 0.25) is 0 Å². The fourth-order valence-electron chi connectivity index (χ4n) is 1.04. The van der Waals surface area contributed by atoms with Gasteiger partial charge in [-0.05, 0) is 13.8 Å². The Hall–Kier alpha value is -1.06. The molecule has 0 aromatic rings. The summed E-state index contributed by atoms with van der Waals surface area (Å²) in [6.07, 6.45) is 0.337. The quantitative estimate of drug-likeness (QED) is 0.356. The van der Waals surface area contributed by atoms with Gasteiger partial charge in [0, 0.05) is 0 Å². The van der Waals surface area contributed by atoms with Crippen molar-refractivity contribution in [3.63, 3.8) is 0 Å². The molecule has 1 aliphatic heterocycles. The molecule has 56 valence electrons. The lowest BCUT2D eigenvalue weighted by atomic mass is 10.0. The average molecular weight is 141 g/mol. The van der Waals surface area contributed by atoms with Crippen LogP contribution >= 0.6 is 0 Å². The van der Waals surface area contributed by atoms with Gasteiger partial charge < -0.3 is 11.2 Å². The Balaban J connectivity index is 2.88. The maximum Gasteiger partial charge on any atom is 0.226 e. The summed E-state index contributed by atoms with van der Waals surface area (Å²) in [5.41, 5.74) is 0.378. The molecule has 0 aromatic carbocycles. The standard InChI is InChI=1S/C6H11N3O/c1-6(2)4(9-7)3-5(10)8-6/h3,7H2,1-2H3,(H,8,10)/b9-4+. The van der Waals surface area contributed by atoms with Crippen molar-refractivity contribution in [2.24, 2.45) is 10.9 Å². The second-order valence-corrected chi connectivity index (χ2v) is 2.93. The summed E-state index contributed by atoms with van der Waals surface area (Å²) in [7, 11) is 0. The third-order valence-electron chi connectivity index (χ3n) is 1.66. The van der Waals surface area contributed by atoms with E-state index in [1.165, 1.54) is 0 Å². The predicted molar refractivity (Wildman–Crippen MR) is 38.5 cm³/mol. The smallest absolute Gasteiger partial charge is 0.226 e. The van der Waals surface area contributed by atoms with E-state index in [-0.39, 0.29) is 11.4 Å². The molecule has 1 aliphatic rings. The van der Waals surface area contributed by atoms with Gasteiger partial charge in [0.25, 0.3) is 0 Å². The molecule has 10 heavy (non-hydrogen) atoms. The molecule has 0 unspecified atom stereocenters. The van der Waals surface area contributed by atoms with Crippen LogP contribution in [-0.2, 0) is 4.79 Å². The Morgan fingerprint density at radius 3 is 2.50 bits per heavy atom.